The molecule has 1 aromatic heterocycles. The van der Waals surface area contributed by atoms with E-state index >= 15 is 0 Å². The number of hydrogen-bond donors (Lipinski definition) is 1. The number of carbonyl (C=O) groups is 1. The summed E-state index contributed by atoms with van der Waals surface area (Å²) in [6, 6.07) is 6.85. The van der Waals surface area contributed by atoms with Gasteiger partial charge in [-0.25, -0.2) is 13.1 Å². The molecule has 0 radical (unpaired) electrons. The number of hydrogen-bond acceptors (Lipinski definition) is 3. The molecular weight excluding hydrogens is 326 g/mol. The Labute approximate surface area is 142 Å². The predicted octanol–water partition coefficient (Wildman–Crippen LogP) is 1.80. The van der Waals surface area contributed by atoms with E-state index in [0.717, 1.165) is 29.7 Å². The van der Waals surface area contributed by atoms with Crippen LogP contribution >= 0.6 is 0 Å². The number of fused-ring (bicyclic) bond motifs is 1. The molecule has 3 rings (SSSR count). The van der Waals surface area contributed by atoms with E-state index in [1.54, 1.807) is 23.1 Å². The highest BCUT2D eigenvalue weighted by atomic mass is 32.2. The van der Waals surface area contributed by atoms with Gasteiger partial charge in [0, 0.05) is 45.1 Å². The van der Waals surface area contributed by atoms with Crippen LogP contribution in [0.2, 0.25) is 0 Å². The van der Waals surface area contributed by atoms with Gasteiger partial charge in [-0.1, -0.05) is 0 Å². The number of aromatic nitrogens is 1. The Morgan fingerprint density at radius 1 is 1.29 bits per heavy atom. The SMILES string of the molecule is CC(=O)N1CCCc2cc(S(=O)(=O)NCc3ccn(C)c3)ccc21. The summed E-state index contributed by atoms with van der Waals surface area (Å²) in [5.41, 5.74) is 2.62. The van der Waals surface area contributed by atoms with E-state index in [4.69, 9.17) is 0 Å². The summed E-state index contributed by atoms with van der Waals surface area (Å²) in [5, 5.41) is 0. The van der Waals surface area contributed by atoms with E-state index < -0.39 is 10.0 Å². The van der Waals surface area contributed by atoms with E-state index in [2.05, 4.69) is 4.72 Å². The van der Waals surface area contributed by atoms with Crippen LogP contribution in [-0.2, 0) is 34.8 Å². The molecule has 24 heavy (non-hydrogen) atoms. The number of nitrogens with zero attached hydrogens (tertiary/aromatic N) is 2. The van der Waals surface area contributed by atoms with Crippen molar-refractivity contribution in [3.05, 3.63) is 47.8 Å². The van der Waals surface area contributed by atoms with Crippen molar-refractivity contribution in [2.24, 2.45) is 7.05 Å². The van der Waals surface area contributed by atoms with Crippen molar-refractivity contribution in [3.8, 4) is 0 Å². The molecule has 128 valence electrons. The van der Waals surface area contributed by atoms with Crippen molar-refractivity contribution in [3.63, 3.8) is 0 Å². The molecule has 0 bridgehead atoms. The lowest BCUT2D eigenvalue weighted by Crippen LogP contribution is -2.33. The Hall–Kier alpha value is -2.12. The Balaban J connectivity index is 1.82. The maximum absolute atomic E-state index is 12.5. The van der Waals surface area contributed by atoms with E-state index in [1.165, 1.54) is 6.92 Å². The molecule has 2 aromatic rings. The zero-order valence-electron chi connectivity index (χ0n) is 13.8. The summed E-state index contributed by atoms with van der Waals surface area (Å²) in [6.07, 6.45) is 5.37. The number of sulfonamides is 1. The summed E-state index contributed by atoms with van der Waals surface area (Å²) in [5.74, 6) is -0.0197. The fourth-order valence-corrected chi connectivity index (χ4v) is 4.06. The normalized spacial score (nSPS) is 14.5. The molecule has 1 amide bonds. The molecule has 1 N–H and O–H groups in total. The van der Waals surface area contributed by atoms with Gasteiger partial charge >= 0.3 is 0 Å². The second-order valence-corrected chi connectivity index (χ2v) is 7.84. The maximum atomic E-state index is 12.5. The summed E-state index contributed by atoms with van der Waals surface area (Å²) in [7, 11) is -1.69. The van der Waals surface area contributed by atoms with Crippen molar-refractivity contribution in [2.75, 3.05) is 11.4 Å². The van der Waals surface area contributed by atoms with Crippen molar-refractivity contribution in [1.82, 2.24) is 9.29 Å². The highest BCUT2D eigenvalue weighted by Crippen LogP contribution is 2.29. The van der Waals surface area contributed by atoms with Crippen LogP contribution in [-0.4, -0.2) is 25.4 Å². The zero-order chi connectivity index (χ0) is 17.3. The number of nitrogens with one attached hydrogen (secondary N) is 1. The third kappa shape index (κ3) is 3.37. The lowest BCUT2D eigenvalue weighted by Gasteiger charge is -2.28. The number of aryl methyl sites for hydroxylation is 2. The molecule has 1 aromatic carbocycles. The number of rotatable bonds is 4. The summed E-state index contributed by atoms with van der Waals surface area (Å²) in [6.45, 7) is 2.46. The summed E-state index contributed by atoms with van der Waals surface area (Å²) >= 11 is 0. The Kier molecular flexibility index (Phi) is 4.47. The molecule has 1 aliphatic rings. The molecule has 2 heterocycles. The van der Waals surface area contributed by atoms with Crippen LogP contribution in [0.5, 0.6) is 0 Å². The van der Waals surface area contributed by atoms with Gasteiger partial charge in [-0.3, -0.25) is 4.79 Å². The second kappa shape index (κ2) is 6.41. The zero-order valence-corrected chi connectivity index (χ0v) is 14.6. The Bertz CT molecular complexity index is 871. The molecule has 0 saturated heterocycles. The highest BCUT2D eigenvalue weighted by Gasteiger charge is 2.22. The van der Waals surface area contributed by atoms with E-state index in [1.807, 2.05) is 30.1 Å². The third-order valence-electron chi connectivity index (χ3n) is 4.22. The quantitative estimate of drug-likeness (QED) is 0.917. The Morgan fingerprint density at radius 3 is 2.75 bits per heavy atom. The van der Waals surface area contributed by atoms with Crippen molar-refractivity contribution in [1.29, 1.82) is 0 Å². The van der Waals surface area contributed by atoms with Gasteiger partial charge in [0.2, 0.25) is 15.9 Å². The van der Waals surface area contributed by atoms with Gasteiger partial charge in [-0.05, 0) is 48.2 Å². The molecule has 0 spiro atoms. The van der Waals surface area contributed by atoms with Crippen LogP contribution in [0.15, 0.2) is 41.6 Å². The highest BCUT2D eigenvalue weighted by molar-refractivity contribution is 7.89. The van der Waals surface area contributed by atoms with Crippen LogP contribution in [0.3, 0.4) is 0 Å². The smallest absolute Gasteiger partial charge is 0.240 e. The van der Waals surface area contributed by atoms with Crippen molar-refractivity contribution < 1.29 is 13.2 Å². The lowest BCUT2D eigenvalue weighted by molar-refractivity contribution is -0.116. The molecule has 0 fully saturated rings. The first-order valence-electron chi connectivity index (χ1n) is 7.88. The third-order valence-corrected chi connectivity index (χ3v) is 5.62. The van der Waals surface area contributed by atoms with Gasteiger partial charge in [0.15, 0.2) is 0 Å². The molecule has 0 unspecified atom stereocenters. The molecular formula is C17H21N3O3S. The topological polar surface area (TPSA) is 71.4 Å². The van der Waals surface area contributed by atoms with Gasteiger partial charge in [0.25, 0.3) is 0 Å². The molecule has 0 aliphatic carbocycles. The fraction of sp³-hybridized carbons (Fsp3) is 0.353. The summed E-state index contributed by atoms with van der Waals surface area (Å²) in [4.78, 5) is 13.6. The first kappa shape index (κ1) is 16.7. The fourth-order valence-electron chi connectivity index (χ4n) is 2.99. The monoisotopic (exact) mass is 347 g/mol. The van der Waals surface area contributed by atoms with Crippen LogP contribution in [0, 0.1) is 0 Å². The van der Waals surface area contributed by atoms with Gasteiger partial charge in [0.05, 0.1) is 4.90 Å². The summed E-state index contributed by atoms with van der Waals surface area (Å²) < 4.78 is 29.5. The molecule has 1 aliphatic heterocycles. The molecule has 0 saturated carbocycles. The standard InChI is InChI=1S/C17H21N3O3S/c1-13(21)20-8-3-4-15-10-16(5-6-17(15)20)24(22,23)18-11-14-7-9-19(2)12-14/h5-7,9-10,12,18H,3-4,8,11H2,1-2H3. The second-order valence-electron chi connectivity index (χ2n) is 6.07. The van der Waals surface area contributed by atoms with Crippen molar-refractivity contribution in [2.45, 2.75) is 31.2 Å². The molecule has 0 atom stereocenters. The average Bonchev–Trinajstić information content (AvgIpc) is 2.97. The maximum Gasteiger partial charge on any atom is 0.240 e. The minimum atomic E-state index is -3.58. The van der Waals surface area contributed by atoms with Gasteiger partial charge in [-0.2, -0.15) is 0 Å². The van der Waals surface area contributed by atoms with E-state index in [0.29, 0.717) is 6.54 Å². The van der Waals surface area contributed by atoms with Gasteiger partial charge < -0.3 is 9.47 Å². The van der Waals surface area contributed by atoms with E-state index in [9.17, 15) is 13.2 Å². The number of anilines is 1. The lowest BCUT2D eigenvalue weighted by atomic mass is 10.0. The predicted molar refractivity (Wildman–Crippen MR) is 92.2 cm³/mol. The molecule has 7 heteroatoms. The van der Waals surface area contributed by atoms with Gasteiger partial charge in [0.1, 0.15) is 0 Å². The van der Waals surface area contributed by atoms with Crippen molar-refractivity contribution >= 4 is 21.6 Å². The van der Waals surface area contributed by atoms with Crippen LogP contribution in [0.25, 0.3) is 0 Å². The Morgan fingerprint density at radius 2 is 2.08 bits per heavy atom. The average molecular weight is 347 g/mol. The van der Waals surface area contributed by atoms with Crippen LogP contribution in [0.1, 0.15) is 24.5 Å². The first-order valence-corrected chi connectivity index (χ1v) is 9.37. The van der Waals surface area contributed by atoms with Crippen LogP contribution in [0.4, 0.5) is 5.69 Å². The minimum absolute atomic E-state index is 0.0197. The largest absolute Gasteiger partial charge is 0.357 e. The molecule has 6 nitrogen and oxygen atoms in total. The first-order chi connectivity index (χ1) is 11.4. The number of benzene rings is 1. The minimum Gasteiger partial charge on any atom is -0.357 e. The van der Waals surface area contributed by atoms with E-state index in [-0.39, 0.29) is 17.3 Å². The van der Waals surface area contributed by atoms with Crippen LogP contribution < -0.4 is 9.62 Å². The van der Waals surface area contributed by atoms with Gasteiger partial charge in [-0.15, -0.1) is 0 Å². The number of carbonyl (C=O) groups excluding carboxylic acids is 1. The number of amides is 1.